The predicted octanol–water partition coefficient (Wildman–Crippen LogP) is 2.85. The minimum absolute atomic E-state index is 0.0836. The van der Waals surface area contributed by atoms with Crippen molar-refractivity contribution in [1.82, 2.24) is 19.6 Å². The molecule has 0 fully saturated rings. The van der Waals surface area contributed by atoms with E-state index in [4.69, 9.17) is 9.47 Å². The second-order valence-corrected chi connectivity index (χ2v) is 7.14. The van der Waals surface area contributed by atoms with E-state index in [1.807, 2.05) is 61.0 Å². The van der Waals surface area contributed by atoms with E-state index < -0.39 is 6.10 Å². The van der Waals surface area contributed by atoms with Gasteiger partial charge in [0.15, 0.2) is 0 Å². The number of aryl methyl sites for hydroxylation is 1. The van der Waals surface area contributed by atoms with Crippen LogP contribution in [0.5, 0.6) is 5.75 Å². The second-order valence-electron chi connectivity index (χ2n) is 7.14. The highest BCUT2D eigenvalue weighted by molar-refractivity contribution is 6.06. The minimum atomic E-state index is -0.771. The van der Waals surface area contributed by atoms with E-state index in [-0.39, 0.29) is 19.1 Å². The van der Waals surface area contributed by atoms with Crippen LogP contribution in [0.1, 0.15) is 23.0 Å². The quantitative estimate of drug-likeness (QED) is 0.473. The molecular formula is C22H24N4O4. The molecule has 2 aromatic carbocycles. The number of para-hydroxylation sites is 1. The standard InChI is InChI=1S/C22H24N4O4/c1-4-29-22(28)21-14(2)25(3)19-10-9-16(11-17(19)21)30-13-15(27)12-26-20-8-6-5-7-18(20)23-24-26/h5-11,15,27H,4,12-13H2,1-3H3/t15-/m1/s1. The van der Waals surface area contributed by atoms with Crippen LogP contribution in [0.15, 0.2) is 42.5 Å². The number of fused-ring (bicyclic) bond motifs is 2. The van der Waals surface area contributed by atoms with Gasteiger partial charge in [-0.3, -0.25) is 0 Å². The molecule has 0 radical (unpaired) electrons. The summed E-state index contributed by atoms with van der Waals surface area (Å²) < 4.78 is 14.6. The van der Waals surface area contributed by atoms with Crippen molar-refractivity contribution in [2.75, 3.05) is 13.2 Å². The molecule has 0 bridgehead atoms. The average molecular weight is 408 g/mol. The van der Waals surface area contributed by atoms with E-state index in [0.717, 1.165) is 27.6 Å². The van der Waals surface area contributed by atoms with Crippen molar-refractivity contribution in [3.05, 3.63) is 53.7 Å². The zero-order valence-electron chi connectivity index (χ0n) is 17.2. The summed E-state index contributed by atoms with van der Waals surface area (Å²) in [5.74, 6) is 0.219. The number of hydrogen-bond donors (Lipinski definition) is 1. The maximum Gasteiger partial charge on any atom is 0.340 e. The molecule has 156 valence electrons. The molecule has 0 amide bonds. The van der Waals surface area contributed by atoms with Crippen LogP contribution in [0, 0.1) is 6.92 Å². The van der Waals surface area contributed by atoms with Crippen LogP contribution in [-0.2, 0) is 18.3 Å². The fourth-order valence-corrected chi connectivity index (χ4v) is 3.60. The summed E-state index contributed by atoms with van der Waals surface area (Å²) in [5.41, 5.74) is 3.92. The van der Waals surface area contributed by atoms with Gasteiger partial charge in [0.1, 0.15) is 24.0 Å². The first-order valence-electron chi connectivity index (χ1n) is 9.84. The largest absolute Gasteiger partial charge is 0.491 e. The van der Waals surface area contributed by atoms with E-state index in [2.05, 4.69) is 10.3 Å². The Morgan fingerprint density at radius 3 is 2.80 bits per heavy atom. The zero-order chi connectivity index (χ0) is 21.3. The number of ether oxygens (including phenoxy) is 2. The van der Waals surface area contributed by atoms with Gasteiger partial charge in [-0.25, -0.2) is 9.48 Å². The van der Waals surface area contributed by atoms with Gasteiger partial charge >= 0.3 is 5.97 Å². The highest BCUT2D eigenvalue weighted by atomic mass is 16.5. The molecule has 1 atom stereocenters. The summed E-state index contributed by atoms with van der Waals surface area (Å²) in [6, 6.07) is 13.1. The molecule has 4 aromatic rings. The molecule has 0 aliphatic heterocycles. The lowest BCUT2D eigenvalue weighted by atomic mass is 10.1. The summed E-state index contributed by atoms with van der Waals surface area (Å²) >= 11 is 0. The Hall–Kier alpha value is -3.39. The first-order valence-corrected chi connectivity index (χ1v) is 9.84. The molecule has 8 heteroatoms. The third-order valence-electron chi connectivity index (χ3n) is 5.19. The minimum Gasteiger partial charge on any atom is -0.491 e. The van der Waals surface area contributed by atoms with Crippen LogP contribution in [0.3, 0.4) is 0 Å². The molecular weight excluding hydrogens is 384 g/mol. The Morgan fingerprint density at radius 1 is 1.20 bits per heavy atom. The van der Waals surface area contributed by atoms with Crippen molar-refractivity contribution in [3.63, 3.8) is 0 Å². The van der Waals surface area contributed by atoms with E-state index in [1.54, 1.807) is 11.6 Å². The molecule has 0 unspecified atom stereocenters. The van der Waals surface area contributed by atoms with Gasteiger partial charge in [0.25, 0.3) is 0 Å². The van der Waals surface area contributed by atoms with Gasteiger partial charge in [-0.15, -0.1) is 5.10 Å². The summed E-state index contributed by atoms with van der Waals surface area (Å²) in [6.45, 7) is 4.33. The van der Waals surface area contributed by atoms with Crippen molar-refractivity contribution >= 4 is 27.9 Å². The van der Waals surface area contributed by atoms with Crippen LogP contribution in [0.2, 0.25) is 0 Å². The highest BCUT2D eigenvalue weighted by Crippen LogP contribution is 2.29. The number of benzene rings is 2. The molecule has 2 aromatic heterocycles. The summed E-state index contributed by atoms with van der Waals surface area (Å²) in [7, 11) is 1.91. The van der Waals surface area contributed by atoms with E-state index >= 15 is 0 Å². The lowest BCUT2D eigenvalue weighted by Crippen LogP contribution is -2.24. The van der Waals surface area contributed by atoms with Crippen molar-refractivity contribution in [1.29, 1.82) is 0 Å². The molecule has 30 heavy (non-hydrogen) atoms. The first-order chi connectivity index (χ1) is 14.5. The Morgan fingerprint density at radius 2 is 2.00 bits per heavy atom. The van der Waals surface area contributed by atoms with E-state index in [9.17, 15) is 9.90 Å². The van der Waals surface area contributed by atoms with E-state index in [0.29, 0.717) is 17.9 Å². The Bertz CT molecular complexity index is 1210. The Kier molecular flexibility index (Phi) is 5.41. The maximum absolute atomic E-state index is 12.4. The molecule has 0 saturated carbocycles. The van der Waals surface area contributed by atoms with Crippen molar-refractivity contribution < 1.29 is 19.4 Å². The highest BCUT2D eigenvalue weighted by Gasteiger charge is 2.20. The molecule has 0 spiro atoms. The zero-order valence-corrected chi connectivity index (χ0v) is 17.2. The van der Waals surface area contributed by atoms with Gasteiger partial charge in [0.2, 0.25) is 0 Å². The van der Waals surface area contributed by atoms with Gasteiger partial charge in [-0.1, -0.05) is 17.3 Å². The van der Waals surface area contributed by atoms with Gasteiger partial charge < -0.3 is 19.1 Å². The summed E-state index contributed by atoms with van der Waals surface area (Å²) in [4.78, 5) is 12.4. The fourth-order valence-electron chi connectivity index (χ4n) is 3.60. The lowest BCUT2D eigenvalue weighted by molar-refractivity contribution is 0.0527. The number of carbonyl (C=O) groups excluding carboxylic acids is 1. The van der Waals surface area contributed by atoms with E-state index in [1.165, 1.54) is 0 Å². The third-order valence-corrected chi connectivity index (χ3v) is 5.19. The number of rotatable bonds is 7. The number of aromatic nitrogens is 4. The first kappa shape index (κ1) is 19.9. The van der Waals surface area contributed by atoms with Gasteiger partial charge in [0, 0.05) is 23.6 Å². The van der Waals surface area contributed by atoms with Crippen molar-refractivity contribution in [3.8, 4) is 5.75 Å². The van der Waals surface area contributed by atoms with Crippen LogP contribution in [0.25, 0.3) is 21.9 Å². The van der Waals surface area contributed by atoms with Gasteiger partial charge in [-0.2, -0.15) is 0 Å². The van der Waals surface area contributed by atoms with Crippen LogP contribution in [0.4, 0.5) is 0 Å². The Balaban J connectivity index is 1.51. The molecule has 8 nitrogen and oxygen atoms in total. The third kappa shape index (κ3) is 3.61. The number of aliphatic hydroxyl groups excluding tert-OH is 1. The van der Waals surface area contributed by atoms with Crippen LogP contribution in [-0.4, -0.2) is 50.0 Å². The lowest BCUT2D eigenvalue weighted by Gasteiger charge is -2.13. The fraction of sp³-hybridized carbons (Fsp3) is 0.318. The molecule has 0 aliphatic carbocycles. The maximum atomic E-state index is 12.4. The monoisotopic (exact) mass is 408 g/mol. The van der Waals surface area contributed by atoms with Crippen molar-refractivity contribution in [2.45, 2.75) is 26.5 Å². The Labute approximate surface area is 173 Å². The second kappa shape index (κ2) is 8.16. The molecule has 1 N–H and O–H groups in total. The molecule has 4 rings (SSSR count). The molecule has 0 aliphatic rings. The van der Waals surface area contributed by atoms with Crippen LogP contribution >= 0.6 is 0 Å². The van der Waals surface area contributed by atoms with Crippen LogP contribution < -0.4 is 4.74 Å². The van der Waals surface area contributed by atoms with Crippen molar-refractivity contribution in [2.24, 2.45) is 7.05 Å². The number of nitrogens with zero attached hydrogens (tertiary/aromatic N) is 4. The number of esters is 1. The summed E-state index contributed by atoms with van der Waals surface area (Å²) in [6.07, 6.45) is -0.771. The number of carbonyl (C=O) groups is 1. The topological polar surface area (TPSA) is 91.4 Å². The van der Waals surface area contributed by atoms with Gasteiger partial charge in [0.05, 0.1) is 24.2 Å². The molecule has 2 heterocycles. The predicted molar refractivity (Wildman–Crippen MR) is 113 cm³/mol. The normalized spacial score (nSPS) is 12.4. The average Bonchev–Trinajstić information content (AvgIpc) is 3.25. The molecule has 0 saturated heterocycles. The smallest absolute Gasteiger partial charge is 0.340 e. The SMILES string of the molecule is CCOC(=O)c1c(C)n(C)c2ccc(OC[C@H](O)Cn3nnc4ccccc43)cc12. The van der Waals surface area contributed by atoms with Gasteiger partial charge in [-0.05, 0) is 44.2 Å². The summed E-state index contributed by atoms with van der Waals surface area (Å²) in [5, 5.41) is 19.4. The number of aliphatic hydroxyl groups is 1. The number of hydrogen-bond acceptors (Lipinski definition) is 6.